The first kappa shape index (κ1) is 52.9. The van der Waals surface area contributed by atoms with Crippen molar-refractivity contribution in [2.75, 3.05) is 69.8 Å². The highest BCUT2D eigenvalue weighted by molar-refractivity contribution is 7.90. The molecule has 1 spiro atoms. The number of H-pyrrole nitrogens is 1. The van der Waals surface area contributed by atoms with E-state index in [2.05, 4.69) is 89.7 Å². The van der Waals surface area contributed by atoms with Gasteiger partial charge in [0, 0.05) is 113 Å². The van der Waals surface area contributed by atoms with Gasteiger partial charge in [-0.1, -0.05) is 50.2 Å². The molecule has 3 saturated heterocycles. The molecule has 1 amide bonds. The number of nitro benzene ring substituents is 1. The summed E-state index contributed by atoms with van der Waals surface area (Å²) in [5.41, 5.74) is 1.49. The first-order chi connectivity index (χ1) is 37.4. The van der Waals surface area contributed by atoms with Crippen molar-refractivity contribution >= 4 is 44.0 Å². The number of nitrogens with zero attached hydrogens (tertiary/aromatic N) is 5. The van der Waals surface area contributed by atoms with Crippen LogP contribution in [-0.2, 0) is 21.3 Å². The van der Waals surface area contributed by atoms with Crippen LogP contribution < -0.4 is 33.9 Å². The van der Waals surface area contributed by atoms with Crippen LogP contribution in [0.15, 0.2) is 102 Å². The van der Waals surface area contributed by atoms with Crippen LogP contribution in [0.2, 0.25) is 0 Å². The van der Waals surface area contributed by atoms with E-state index >= 15 is 4.39 Å². The number of methoxy groups -OCH3 is 1. The number of benzene rings is 4. The van der Waals surface area contributed by atoms with Crippen molar-refractivity contribution in [1.82, 2.24) is 24.5 Å². The largest absolute Gasteiger partial charge is 0.586 e. The van der Waals surface area contributed by atoms with Crippen LogP contribution in [0.5, 0.6) is 28.7 Å². The number of hydrogen-bond donors (Lipinski definition) is 3. The number of fused-ring (bicyclic) bond motifs is 2. The van der Waals surface area contributed by atoms with E-state index in [0.717, 1.165) is 57.6 Å². The van der Waals surface area contributed by atoms with E-state index < -0.39 is 67.1 Å². The number of pyridine rings is 1. The van der Waals surface area contributed by atoms with Gasteiger partial charge in [0.2, 0.25) is 5.75 Å². The van der Waals surface area contributed by atoms with Gasteiger partial charge in [-0.05, 0) is 90.1 Å². The minimum Gasteiger partial charge on any atom is -0.497 e. The number of amides is 1. The van der Waals surface area contributed by atoms with Crippen molar-refractivity contribution in [2.45, 2.75) is 93.8 Å². The summed E-state index contributed by atoms with van der Waals surface area (Å²) in [6, 6.07) is 26.5. The summed E-state index contributed by atoms with van der Waals surface area (Å²) in [6.07, 6.45) is 2.49. The van der Waals surface area contributed by atoms with Crippen LogP contribution >= 0.6 is 0 Å². The number of rotatable bonds is 16. The van der Waals surface area contributed by atoms with Gasteiger partial charge < -0.3 is 38.9 Å². The number of carbonyl (C=O) groups is 1. The second-order valence-corrected chi connectivity index (χ2v) is 23.1. The zero-order valence-electron chi connectivity index (χ0n) is 43.4. The zero-order valence-corrected chi connectivity index (χ0v) is 44.3. The predicted molar refractivity (Wildman–Crippen MR) is 284 cm³/mol. The second-order valence-electron chi connectivity index (χ2n) is 21.4. The van der Waals surface area contributed by atoms with Gasteiger partial charge in [0.05, 0.1) is 23.8 Å². The van der Waals surface area contributed by atoms with Gasteiger partial charge in [0.15, 0.2) is 11.4 Å². The predicted octanol–water partition coefficient (Wildman–Crippen LogP) is 10.1. The fraction of sp³-hybridized carbons (Fsp3) is 0.429. The number of piperazine rings is 1. The SMILES string of the molecule is COc1ccc(CN2CCN(C3CC4(CCN(c5ccc(C(=O)NS(=O)(=O)c6cc([N+](=O)[O-])c(NCC7(F)CCOCC7)c7c6OC(F)(F)O7)c(Oc6cnc7[nH]ccc7c6)c5)CC4)C3)[C@H](c3ccccc3C(C)C)C2)cc1. The molecule has 6 heterocycles. The molecule has 4 aromatic carbocycles. The lowest BCUT2D eigenvalue weighted by atomic mass is 9.59. The van der Waals surface area contributed by atoms with Crippen LogP contribution in [-0.4, -0.2) is 117 Å². The van der Waals surface area contributed by atoms with Crippen molar-refractivity contribution in [3.63, 3.8) is 0 Å². The van der Waals surface area contributed by atoms with Crippen molar-refractivity contribution in [3.05, 3.63) is 130 Å². The lowest BCUT2D eigenvalue weighted by Gasteiger charge is -2.58. The number of ether oxygens (including phenoxy) is 5. The molecule has 0 bridgehead atoms. The maximum atomic E-state index is 15.6. The Morgan fingerprint density at radius 1 is 0.923 bits per heavy atom. The second kappa shape index (κ2) is 20.9. The van der Waals surface area contributed by atoms with Gasteiger partial charge in [0.25, 0.3) is 21.6 Å². The average molecular weight is 1100 g/mol. The molecule has 0 radical (unpaired) electrons. The van der Waals surface area contributed by atoms with Crippen molar-refractivity contribution in [1.29, 1.82) is 0 Å². The monoisotopic (exact) mass is 1090 g/mol. The highest BCUT2D eigenvalue weighted by Gasteiger charge is 2.52. The summed E-state index contributed by atoms with van der Waals surface area (Å²) in [5, 5.41) is 15.6. The van der Waals surface area contributed by atoms with E-state index in [-0.39, 0.29) is 54.6 Å². The number of nitro groups is 1. The first-order valence-electron chi connectivity index (χ1n) is 26.3. The Labute approximate surface area is 449 Å². The smallest absolute Gasteiger partial charge is 0.497 e. The average Bonchev–Trinajstić information content (AvgIpc) is 4.19. The molecule has 5 aliphatic rings. The normalized spacial score (nSPS) is 20.1. The Kier molecular flexibility index (Phi) is 14.2. The number of aromatic nitrogens is 2. The van der Waals surface area contributed by atoms with Gasteiger partial charge in [-0.15, -0.1) is 8.78 Å². The minimum atomic E-state index is -5.26. The third kappa shape index (κ3) is 10.7. The standard InChI is InChI=1S/C56H61F3N8O10S/c1-35(2)42-6-4-5-7-43(42)46-33-64(32-36-8-11-40(73-3)12-9-36)22-23-66(46)39-29-54(30-39)15-20-65(21-16-54)38-10-13-44(47(27-38)75-41-26-37-14-19-60-52(37)61-31-41)53(68)63-78(71,72)48-28-45(67(69)70)49(51-50(48)76-56(58,59)77-51)62-34-55(57)17-24-74-25-18-55/h4-14,19,26-28,31,35,39,46,62H,15-18,20-25,29-30,32-34H2,1-3H3,(H,60,61)(H,63,68)/t46-/m0/s1. The summed E-state index contributed by atoms with van der Waals surface area (Å²) in [4.78, 5) is 39.4. The van der Waals surface area contributed by atoms with Crippen LogP contribution in [0, 0.1) is 15.5 Å². The Bertz CT molecular complexity index is 3340. The van der Waals surface area contributed by atoms with Gasteiger partial charge in [0.1, 0.15) is 33.5 Å². The molecule has 11 rings (SSSR count). The lowest BCUT2D eigenvalue weighted by Crippen LogP contribution is -2.60. The molecule has 78 heavy (non-hydrogen) atoms. The van der Waals surface area contributed by atoms with Crippen molar-refractivity contribution in [2.24, 2.45) is 5.41 Å². The summed E-state index contributed by atoms with van der Waals surface area (Å²) in [6.45, 7) is 9.17. The van der Waals surface area contributed by atoms with E-state index in [1.54, 1.807) is 37.6 Å². The number of sulfonamides is 1. The minimum absolute atomic E-state index is 0.0464. The van der Waals surface area contributed by atoms with E-state index in [1.165, 1.54) is 29.0 Å². The fourth-order valence-electron chi connectivity index (χ4n) is 11.9. The fourth-order valence-corrected chi connectivity index (χ4v) is 13.0. The molecule has 22 heteroatoms. The van der Waals surface area contributed by atoms with E-state index in [0.29, 0.717) is 47.8 Å². The Morgan fingerprint density at radius 2 is 1.67 bits per heavy atom. The van der Waals surface area contributed by atoms with E-state index in [9.17, 15) is 32.1 Å². The van der Waals surface area contributed by atoms with Crippen LogP contribution in [0.25, 0.3) is 11.0 Å². The van der Waals surface area contributed by atoms with Crippen molar-refractivity contribution < 1.29 is 55.0 Å². The lowest BCUT2D eigenvalue weighted by molar-refractivity contribution is -0.384. The molecule has 4 aliphatic heterocycles. The molecule has 0 unspecified atom stereocenters. The van der Waals surface area contributed by atoms with Gasteiger partial charge >= 0.3 is 6.29 Å². The molecular weight excluding hydrogens is 1030 g/mol. The highest BCUT2D eigenvalue weighted by Crippen LogP contribution is 2.55. The van der Waals surface area contributed by atoms with Crippen LogP contribution in [0.3, 0.4) is 0 Å². The molecule has 4 fully saturated rings. The Balaban J connectivity index is 0.818. The molecule has 1 atom stereocenters. The maximum Gasteiger partial charge on any atom is 0.586 e. The van der Waals surface area contributed by atoms with Crippen molar-refractivity contribution in [3.8, 4) is 28.7 Å². The maximum absolute atomic E-state index is 15.6. The summed E-state index contributed by atoms with van der Waals surface area (Å²) < 4.78 is 102. The summed E-state index contributed by atoms with van der Waals surface area (Å²) >= 11 is 0. The topological polar surface area (TPSA) is 203 Å². The molecule has 1 aliphatic carbocycles. The summed E-state index contributed by atoms with van der Waals surface area (Å²) in [5.74, 6) is -2.01. The highest BCUT2D eigenvalue weighted by atomic mass is 32.2. The van der Waals surface area contributed by atoms with E-state index in [1.807, 2.05) is 16.9 Å². The van der Waals surface area contributed by atoms with Crippen LogP contribution in [0.1, 0.15) is 91.4 Å². The molecular formula is C56H61F3N8O10S. The number of carbonyl (C=O) groups excluding carboxylic acids is 1. The number of piperidine rings is 1. The molecule has 3 N–H and O–H groups in total. The Hall–Kier alpha value is -7.14. The molecule has 6 aromatic rings. The Morgan fingerprint density at radius 3 is 2.40 bits per heavy atom. The number of aromatic amines is 1. The van der Waals surface area contributed by atoms with Gasteiger partial charge in [-0.25, -0.2) is 22.5 Å². The first-order valence-corrected chi connectivity index (χ1v) is 27.7. The number of halogens is 3. The number of nitrogens with one attached hydrogen (secondary N) is 3. The third-order valence-corrected chi connectivity index (χ3v) is 17.5. The number of anilines is 2. The quantitative estimate of drug-likeness (QED) is 0.0610. The number of hydrogen-bond acceptors (Lipinski definition) is 15. The molecule has 2 aromatic heterocycles. The van der Waals surface area contributed by atoms with Gasteiger partial charge in [-0.2, -0.15) is 0 Å². The number of alkyl halides is 3. The summed E-state index contributed by atoms with van der Waals surface area (Å²) in [7, 11) is -3.58. The molecule has 412 valence electrons. The molecule has 1 saturated carbocycles. The van der Waals surface area contributed by atoms with Crippen LogP contribution in [0.4, 0.5) is 30.2 Å². The van der Waals surface area contributed by atoms with E-state index in [4.69, 9.17) is 14.2 Å². The zero-order chi connectivity index (χ0) is 54.6. The molecule has 18 nitrogen and oxygen atoms in total. The van der Waals surface area contributed by atoms with Gasteiger partial charge in [-0.3, -0.25) is 24.7 Å². The third-order valence-electron chi connectivity index (χ3n) is 16.2.